The molecule has 0 spiro atoms. The number of nitrogens with one attached hydrogen (secondary N) is 1. The second-order valence-electron chi connectivity index (χ2n) is 4.85. The van der Waals surface area contributed by atoms with Crippen molar-refractivity contribution in [3.63, 3.8) is 0 Å². The molecule has 0 aliphatic heterocycles. The lowest BCUT2D eigenvalue weighted by atomic mass is 10.2. The van der Waals surface area contributed by atoms with Gasteiger partial charge in [-0.1, -0.05) is 19.1 Å². The lowest BCUT2D eigenvalue weighted by Gasteiger charge is -2.18. The number of benzene rings is 1. The zero-order valence-electron chi connectivity index (χ0n) is 11.5. The minimum absolute atomic E-state index is 0.148. The van der Waals surface area contributed by atoms with E-state index in [1.807, 2.05) is 31.2 Å². The van der Waals surface area contributed by atoms with E-state index in [0.29, 0.717) is 6.54 Å². The van der Waals surface area contributed by atoms with Crippen LogP contribution in [-0.4, -0.2) is 42.0 Å². The third-order valence-corrected chi connectivity index (χ3v) is 2.72. The van der Waals surface area contributed by atoms with Crippen molar-refractivity contribution in [2.24, 2.45) is 5.92 Å². The Hall–Kier alpha value is -1.88. The van der Waals surface area contributed by atoms with E-state index in [-0.39, 0.29) is 12.5 Å². The van der Waals surface area contributed by atoms with Crippen molar-refractivity contribution >= 4 is 17.6 Å². The summed E-state index contributed by atoms with van der Waals surface area (Å²) >= 11 is 0. The summed E-state index contributed by atoms with van der Waals surface area (Å²) < 4.78 is 0. The van der Waals surface area contributed by atoms with Crippen molar-refractivity contribution in [1.29, 1.82) is 0 Å². The molecule has 5 nitrogen and oxygen atoms in total. The number of aliphatic carboxylic acids is 1. The third-order valence-electron chi connectivity index (χ3n) is 2.72. The van der Waals surface area contributed by atoms with Gasteiger partial charge >= 0.3 is 5.97 Å². The van der Waals surface area contributed by atoms with Gasteiger partial charge in [0, 0.05) is 12.2 Å². The van der Waals surface area contributed by atoms with Gasteiger partial charge in [-0.2, -0.15) is 0 Å². The lowest BCUT2D eigenvalue weighted by molar-refractivity contribution is -0.141. The molecule has 0 heterocycles. The SMILES string of the molecule is Cc1cccc(NC(=O)CN(C)CC(C)C(=O)O)c1. The second-order valence-corrected chi connectivity index (χ2v) is 4.85. The van der Waals surface area contributed by atoms with E-state index in [9.17, 15) is 9.59 Å². The van der Waals surface area contributed by atoms with Gasteiger partial charge in [0.15, 0.2) is 0 Å². The number of anilines is 1. The number of carbonyl (C=O) groups is 2. The summed E-state index contributed by atoms with van der Waals surface area (Å²) in [6.45, 7) is 4.09. The highest BCUT2D eigenvalue weighted by molar-refractivity contribution is 5.92. The van der Waals surface area contributed by atoms with Crippen LogP contribution in [0.15, 0.2) is 24.3 Å². The van der Waals surface area contributed by atoms with Gasteiger partial charge in [0.05, 0.1) is 12.5 Å². The molecule has 1 rings (SSSR count). The van der Waals surface area contributed by atoms with Crippen LogP contribution in [0.2, 0.25) is 0 Å². The molecule has 1 atom stereocenters. The molecule has 2 N–H and O–H groups in total. The van der Waals surface area contributed by atoms with Gasteiger partial charge < -0.3 is 10.4 Å². The van der Waals surface area contributed by atoms with E-state index in [4.69, 9.17) is 5.11 Å². The molecule has 19 heavy (non-hydrogen) atoms. The Morgan fingerprint density at radius 2 is 2.11 bits per heavy atom. The largest absolute Gasteiger partial charge is 0.481 e. The van der Waals surface area contributed by atoms with Gasteiger partial charge in [0.1, 0.15) is 0 Å². The first kappa shape index (κ1) is 15.2. The monoisotopic (exact) mass is 264 g/mol. The Kier molecular flexibility index (Phi) is 5.51. The van der Waals surface area contributed by atoms with Crippen LogP contribution in [0.3, 0.4) is 0 Å². The van der Waals surface area contributed by atoms with Crippen LogP contribution in [0.1, 0.15) is 12.5 Å². The predicted octanol–water partition coefficient (Wildman–Crippen LogP) is 1.59. The van der Waals surface area contributed by atoms with Gasteiger partial charge in [0.25, 0.3) is 0 Å². The summed E-state index contributed by atoms with van der Waals surface area (Å²) in [5.41, 5.74) is 1.83. The Balaban J connectivity index is 2.45. The minimum atomic E-state index is -0.856. The van der Waals surface area contributed by atoms with Gasteiger partial charge in [-0.25, -0.2) is 0 Å². The van der Waals surface area contributed by atoms with Gasteiger partial charge in [-0.15, -0.1) is 0 Å². The number of rotatable bonds is 6. The van der Waals surface area contributed by atoms with E-state index in [1.54, 1.807) is 18.9 Å². The zero-order valence-corrected chi connectivity index (χ0v) is 11.5. The molecule has 1 aromatic rings. The first-order chi connectivity index (χ1) is 8.88. The number of nitrogens with zero attached hydrogens (tertiary/aromatic N) is 1. The summed E-state index contributed by atoms with van der Waals surface area (Å²) in [6.07, 6.45) is 0. The molecule has 0 saturated carbocycles. The first-order valence-electron chi connectivity index (χ1n) is 6.16. The van der Waals surface area contributed by atoms with Crippen LogP contribution in [0.5, 0.6) is 0 Å². The molecule has 0 radical (unpaired) electrons. The topological polar surface area (TPSA) is 69.6 Å². The summed E-state index contributed by atoms with van der Waals surface area (Å²) in [6, 6.07) is 7.54. The summed E-state index contributed by atoms with van der Waals surface area (Å²) in [5, 5.41) is 11.6. The summed E-state index contributed by atoms with van der Waals surface area (Å²) in [7, 11) is 1.73. The van der Waals surface area contributed by atoms with Crippen LogP contribution in [-0.2, 0) is 9.59 Å². The van der Waals surface area contributed by atoms with E-state index >= 15 is 0 Å². The van der Waals surface area contributed by atoms with Gasteiger partial charge in [0.2, 0.25) is 5.91 Å². The van der Waals surface area contributed by atoms with Crippen LogP contribution >= 0.6 is 0 Å². The lowest BCUT2D eigenvalue weighted by Crippen LogP contribution is -2.35. The zero-order chi connectivity index (χ0) is 14.4. The number of hydrogen-bond acceptors (Lipinski definition) is 3. The van der Waals surface area contributed by atoms with Crippen LogP contribution in [0.25, 0.3) is 0 Å². The molecule has 0 aliphatic carbocycles. The molecule has 0 fully saturated rings. The number of hydrogen-bond donors (Lipinski definition) is 2. The van der Waals surface area contributed by atoms with Gasteiger partial charge in [-0.05, 0) is 31.7 Å². The van der Waals surface area contributed by atoms with Crippen LogP contribution in [0, 0.1) is 12.8 Å². The maximum absolute atomic E-state index is 11.8. The maximum atomic E-state index is 11.8. The van der Waals surface area contributed by atoms with Crippen molar-refractivity contribution in [3.8, 4) is 0 Å². The maximum Gasteiger partial charge on any atom is 0.307 e. The van der Waals surface area contributed by atoms with Crippen LogP contribution < -0.4 is 5.32 Å². The van der Waals surface area contributed by atoms with E-state index in [2.05, 4.69) is 5.32 Å². The highest BCUT2D eigenvalue weighted by atomic mass is 16.4. The molecule has 1 unspecified atom stereocenters. The molecule has 0 aromatic heterocycles. The third kappa shape index (κ3) is 5.52. The van der Waals surface area contributed by atoms with Crippen LogP contribution in [0.4, 0.5) is 5.69 Å². The van der Waals surface area contributed by atoms with Crippen molar-refractivity contribution in [2.45, 2.75) is 13.8 Å². The number of aryl methyl sites for hydroxylation is 1. The van der Waals surface area contributed by atoms with Crippen molar-refractivity contribution in [3.05, 3.63) is 29.8 Å². The Labute approximate surface area is 113 Å². The smallest absolute Gasteiger partial charge is 0.307 e. The fourth-order valence-electron chi connectivity index (χ4n) is 1.78. The fraction of sp³-hybridized carbons (Fsp3) is 0.429. The molecular weight excluding hydrogens is 244 g/mol. The fourth-order valence-corrected chi connectivity index (χ4v) is 1.78. The molecule has 1 aromatic carbocycles. The minimum Gasteiger partial charge on any atom is -0.481 e. The predicted molar refractivity (Wildman–Crippen MR) is 74.1 cm³/mol. The van der Waals surface area contributed by atoms with Crippen molar-refractivity contribution < 1.29 is 14.7 Å². The number of carboxylic acid groups (broad SMARTS) is 1. The molecule has 104 valence electrons. The molecule has 0 bridgehead atoms. The van der Waals surface area contributed by atoms with E-state index < -0.39 is 11.9 Å². The van der Waals surface area contributed by atoms with E-state index in [1.165, 1.54) is 0 Å². The standard InChI is InChI=1S/C14H20N2O3/c1-10-5-4-6-12(7-10)15-13(17)9-16(3)8-11(2)14(18)19/h4-7,11H,8-9H2,1-3H3,(H,15,17)(H,18,19). The first-order valence-corrected chi connectivity index (χ1v) is 6.16. The average Bonchev–Trinajstić information content (AvgIpc) is 2.27. The summed E-state index contributed by atoms with van der Waals surface area (Å²) in [5.74, 6) is -1.49. The second kappa shape index (κ2) is 6.89. The molecular formula is C14H20N2O3. The van der Waals surface area contributed by atoms with Gasteiger partial charge in [-0.3, -0.25) is 14.5 Å². The summed E-state index contributed by atoms with van der Waals surface area (Å²) in [4.78, 5) is 24.2. The quantitative estimate of drug-likeness (QED) is 0.818. The van der Waals surface area contributed by atoms with Crippen molar-refractivity contribution in [1.82, 2.24) is 4.90 Å². The molecule has 0 aliphatic rings. The Bertz CT molecular complexity index is 460. The number of carbonyl (C=O) groups excluding carboxylic acids is 1. The van der Waals surface area contributed by atoms with E-state index in [0.717, 1.165) is 11.3 Å². The highest BCUT2D eigenvalue weighted by Gasteiger charge is 2.15. The Morgan fingerprint density at radius 1 is 1.42 bits per heavy atom. The molecule has 5 heteroatoms. The normalized spacial score (nSPS) is 12.2. The molecule has 0 saturated heterocycles. The average molecular weight is 264 g/mol. The van der Waals surface area contributed by atoms with Crippen molar-refractivity contribution in [2.75, 3.05) is 25.5 Å². The Morgan fingerprint density at radius 3 is 2.68 bits per heavy atom. The number of carboxylic acids is 1. The highest BCUT2D eigenvalue weighted by Crippen LogP contribution is 2.09. The number of amides is 1. The number of likely N-dealkylation sites (N-methyl/N-ethyl adjacent to an activating group) is 1. The molecule has 1 amide bonds.